The molecular weight excluding hydrogens is 340 g/mol. The lowest BCUT2D eigenvalue weighted by atomic mass is 9.72. The molecule has 5 nitrogen and oxygen atoms in total. The Morgan fingerprint density at radius 1 is 0.963 bits per heavy atom. The first-order valence-electron chi connectivity index (χ1n) is 10.8. The molecule has 0 aromatic carbocycles. The topological polar surface area (TPSA) is 49.9 Å². The first-order valence-corrected chi connectivity index (χ1v) is 10.8. The number of amides is 2. The molecule has 0 aromatic heterocycles. The molecule has 27 heavy (non-hydrogen) atoms. The second kappa shape index (κ2) is 7.38. The van der Waals surface area contributed by atoms with E-state index >= 15 is 0 Å². The highest BCUT2D eigenvalue weighted by molar-refractivity contribution is 5.83. The minimum absolute atomic E-state index is 0.0459. The van der Waals surface area contributed by atoms with Crippen LogP contribution in [0.1, 0.15) is 79.6 Å². The lowest BCUT2D eigenvalue weighted by Gasteiger charge is -2.55. The molecule has 0 radical (unpaired) electrons. The smallest absolute Gasteiger partial charge is 0.228 e. The van der Waals surface area contributed by atoms with E-state index in [1.165, 1.54) is 0 Å². The van der Waals surface area contributed by atoms with Crippen LogP contribution in [0.4, 0.5) is 0 Å². The van der Waals surface area contributed by atoms with Crippen LogP contribution in [-0.2, 0) is 14.3 Å². The van der Waals surface area contributed by atoms with Gasteiger partial charge in [-0.3, -0.25) is 9.59 Å². The maximum atomic E-state index is 13.0. The normalized spacial score (nSPS) is 29.6. The van der Waals surface area contributed by atoms with Crippen LogP contribution >= 0.6 is 0 Å². The van der Waals surface area contributed by atoms with Crippen molar-refractivity contribution in [3.63, 3.8) is 0 Å². The van der Waals surface area contributed by atoms with E-state index in [1.54, 1.807) is 0 Å². The minimum atomic E-state index is -0.414. The fourth-order valence-electron chi connectivity index (χ4n) is 5.11. The molecule has 3 rings (SSSR count). The summed E-state index contributed by atoms with van der Waals surface area (Å²) in [5.74, 6) is 0.514. The second-order valence-corrected chi connectivity index (χ2v) is 10.6. The largest absolute Gasteiger partial charge is 0.378 e. The molecule has 3 aliphatic heterocycles. The monoisotopic (exact) mass is 378 g/mol. The molecule has 5 heteroatoms. The third kappa shape index (κ3) is 4.18. The number of carbonyl (C=O) groups is 2. The number of hydrogen-bond acceptors (Lipinski definition) is 3. The highest BCUT2D eigenvalue weighted by Gasteiger charge is 2.51. The zero-order valence-corrected chi connectivity index (χ0v) is 18.0. The molecule has 3 saturated heterocycles. The van der Waals surface area contributed by atoms with E-state index in [0.717, 1.165) is 71.2 Å². The predicted molar refractivity (Wildman–Crippen MR) is 106 cm³/mol. The number of rotatable bonds is 3. The van der Waals surface area contributed by atoms with Gasteiger partial charge in [0.15, 0.2) is 0 Å². The molecule has 0 aliphatic carbocycles. The van der Waals surface area contributed by atoms with Crippen molar-refractivity contribution in [3.8, 4) is 0 Å². The van der Waals surface area contributed by atoms with Crippen molar-refractivity contribution in [1.29, 1.82) is 0 Å². The maximum absolute atomic E-state index is 13.0. The van der Waals surface area contributed by atoms with Crippen LogP contribution in [0, 0.1) is 10.8 Å². The van der Waals surface area contributed by atoms with Gasteiger partial charge in [-0.05, 0) is 44.9 Å². The van der Waals surface area contributed by atoms with Gasteiger partial charge in [-0.2, -0.15) is 0 Å². The van der Waals surface area contributed by atoms with Crippen molar-refractivity contribution in [2.24, 2.45) is 10.8 Å². The molecule has 0 saturated carbocycles. The van der Waals surface area contributed by atoms with Gasteiger partial charge in [0.2, 0.25) is 11.8 Å². The van der Waals surface area contributed by atoms with Gasteiger partial charge in [0.05, 0.1) is 6.10 Å². The molecule has 0 N–H and O–H groups in total. The standard InChI is InChI=1S/C22H38N2O3/c1-20(2,3)18(25)24-13-10-22(24)9-8-14-27-17(16-22)15-21(4,5)19(26)23-11-6-7-12-23/h17H,6-16H2,1-5H3. The lowest BCUT2D eigenvalue weighted by molar-refractivity contribution is -0.160. The molecule has 3 aliphatic rings. The Labute approximate surface area is 164 Å². The summed E-state index contributed by atoms with van der Waals surface area (Å²) in [5.41, 5.74) is -0.817. The highest BCUT2D eigenvalue weighted by atomic mass is 16.5. The zero-order valence-electron chi connectivity index (χ0n) is 18.0. The van der Waals surface area contributed by atoms with E-state index in [-0.39, 0.29) is 28.9 Å². The Morgan fingerprint density at radius 3 is 2.19 bits per heavy atom. The summed E-state index contributed by atoms with van der Waals surface area (Å²) in [6.45, 7) is 13.5. The number of hydrogen-bond donors (Lipinski definition) is 0. The van der Waals surface area contributed by atoms with E-state index in [2.05, 4.69) is 18.7 Å². The molecule has 2 unspecified atom stereocenters. The maximum Gasteiger partial charge on any atom is 0.228 e. The summed E-state index contributed by atoms with van der Waals surface area (Å²) in [6, 6.07) is 0. The molecule has 1 spiro atoms. The Kier molecular flexibility index (Phi) is 5.64. The summed E-state index contributed by atoms with van der Waals surface area (Å²) in [7, 11) is 0. The van der Waals surface area contributed by atoms with Gasteiger partial charge >= 0.3 is 0 Å². The van der Waals surface area contributed by atoms with Gasteiger partial charge in [0.25, 0.3) is 0 Å². The van der Waals surface area contributed by atoms with Gasteiger partial charge in [0.1, 0.15) is 0 Å². The van der Waals surface area contributed by atoms with Crippen molar-refractivity contribution >= 4 is 11.8 Å². The van der Waals surface area contributed by atoms with E-state index in [4.69, 9.17) is 4.74 Å². The van der Waals surface area contributed by atoms with Crippen LogP contribution in [0.5, 0.6) is 0 Å². The van der Waals surface area contributed by atoms with Crippen LogP contribution in [0.15, 0.2) is 0 Å². The lowest BCUT2D eigenvalue weighted by Crippen LogP contribution is -2.65. The summed E-state index contributed by atoms with van der Waals surface area (Å²) >= 11 is 0. The molecule has 2 amide bonds. The Morgan fingerprint density at radius 2 is 1.63 bits per heavy atom. The number of likely N-dealkylation sites (tertiary alicyclic amines) is 2. The fraction of sp³-hybridized carbons (Fsp3) is 0.909. The molecule has 0 aromatic rings. The molecule has 3 heterocycles. The zero-order chi connectivity index (χ0) is 19.9. The van der Waals surface area contributed by atoms with Crippen LogP contribution in [-0.4, -0.2) is 59.5 Å². The van der Waals surface area contributed by atoms with Crippen LogP contribution in [0.3, 0.4) is 0 Å². The van der Waals surface area contributed by atoms with Crippen LogP contribution in [0.25, 0.3) is 0 Å². The van der Waals surface area contributed by atoms with Gasteiger partial charge in [-0.25, -0.2) is 0 Å². The summed E-state index contributed by atoms with van der Waals surface area (Å²) in [5, 5.41) is 0. The SMILES string of the molecule is CC(C)(C)C(=O)N1CCC12CCCOC(CC(C)(C)C(=O)N1CCCC1)C2. The number of nitrogens with zero attached hydrogens (tertiary/aromatic N) is 2. The van der Waals surface area contributed by atoms with Crippen LogP contribution < -0.4 is 0 Å². The average Bonchev–Trinajstić information content (AvgIpc) is 3.00. The van der Waals surface area contributed by atoms with Crippen molar-refractivity contribution < 1.29 is 14.3 Å². The van der Waals surface area contributed by atoms with Crippen LogP contribution in [0.2, 0.25) is 0 Å². The first kappa shape index (κ1) is 20.6. The number of ether oxygens (including phenoxy) is 1. The van der Waals surface area contributed by atoms with Gasteiger partial charge in [0, 0.05) is 42.6 Å². The fourth-order valence-corrected chi connectivity index (χ4v) is 5.11. The van der Waals surface area contributed by atoms with Gasteiger partial charge in [-0.1, -0.05) is 34.6 Å². The van der Waals surface area contributed by atoms with Crippen molar-refractivity contribution in [2.75, 3.05) is 26.2 Å². The Bertz CT molecular complexity index is 575. The van der Waals surface area contributed by atoms with Gasteiger partial charge in [-0.15, -0.1) is 0 Å². The van der Waals surface area contributed by atoms with Crippen molar-refractivity contribution in [2.45, 2.75) is 91.2 Å². The highest BCUT2D eigenvalue weighted by Crippen LogP contribution is 2.45. The van der Waals surface area contributed by atoms with E-state index in [9.17, 15) is 9.59 Å². The van der Waals surface area contributed by atoms with E-state index in [1.807, 2.05) is 25.7 Å². The first-order chi connectivity index (χ1) is 12.6. The summed E-state index contributed by atoms with van der Waals surface area (Å²) in [6.07, 6.45) is 6.97. The summed E-state index contributed by atoms with van der Waals surface area (Å²) in [4.78, 5) is 30.0. The predicted octanol–water partition coefficient (Wildman–Crippen LogP) is 3.61. The third-order valence-corrected chi connectivity index (χ3v) is 6.72. The minimum Gasteiger partial charge on any atom is -0.378 e. The second-order valence-electron chi connectivity index (χ2n) is 10.6. The Hall–Kier alpha value is -1.10. The summed E-state index contributed by atoms with van der Waals surface area (Å²) < 4.78 is 6.19. The van der Waals surface area contributed by atoms with Crippen molar-refractivity contribution in [3.05, 3.63) is 0 Å². The molecule has 154 valence electrons. The van der Waals surface area contributed by atoms with E-state index < -0.39 is 5.41 Å². The number of carbonyl (C=O) groups excluding carboxylic acids is 2. The third-order valence-electron chi connectivity index (χ3n) is 6.72. The molecule has 2 atom stereocenters. The average molecular weight is 379 g/mol. The molecule has 3 fully saturated rings. The van der Waals surface area contributed by atoms with Crippen molar-refractivity contribution in [1.82, 2.24) is 9.80 Å². The van der Waals surface area contributed by atoms with E-state index in [0.29, 0.717) is 0 Å². The quantitative estimate of drug-likeness (QED) is 0.754. The Balaban J connectivity index is 1.69. The van der Waals surface area contributed by atoms with Gasteiger partial charge < -0.3 is 14.5 Å². The molecule has 0 bridgehead atoms. The molecular formula is C22H38N2O3.